The van der Waals surface area contributed by atoms with Crippen LogP contribution in [-0.2, 0) is 30.7 Å². The molecule has 2 saturated heterocycles. The molecule has 6 rings (SSSR count). The number of aliphatic hydroxyl groups excluding tert-OH is 1. The molecule has 15 heteroatoms. The van der Waals surface area contributed by atoms with Crippen LogP contribution in [0.5, 0.6) is 6.01 Å². The van der Waals surface area contributed by atoms with Crippen molar-refractivity contribution < 1.29 is 37.0 Å². The van der Waals surface area contributed by atoms with E-state index in [2.05, 4.69) is 29.0 Å². The van der Waals surface area contributed by atoms with Crippen LogP contribution in [0.25, 0.3) is 33.5 Å². The molecule has 0 saturated carbocycles. The number of aliphatic hydroxyl groups is 1. The number of hydrogen-bond acceptors (Lipinski definition) is 9. The van der Waals surface area contributed by atoms with Crippen LogP contribution in [0, 0.1) is 11.6 Å². The van der Waals surface area contributed by atoms with E-state index in [1.54, 1.807) is 34.9 Å². The summed E-state index contributed by atoms with van der Waals surface area (Å²) in [4.78, 5) is 9.56. The monoisotopic (exact) mass is 706 g/mol. The number of benzene rings is 2. The van der Waals surface area contributed by atoms with Gasteiger partial charge in [0, 0.05) is 42.5 Å². The highest BCUT2D eigenvalue weighted by molar-refractivity contribution is 7.92. The Morgan fingerprint density at radius 1 is 1.02 bits per heavy atom. The van der Waals surface area contributed by atoms with Gasteiger partial charge in [-0.05, 0) is 35.4 Å². The van der Waals surface area contributed by atoms with Crippen molar-refractivity contribution in [2.45, 2.75) is 56.8 Å². The third-order valence-electron chi connectivity index (χ3n) is 7.91. The van der Waals surface area contributed by atoms with Crippen molar-refractivity contribution in [3.05, 3.63) is 59.1 Å². The molecule has 0 spiro atoms. The number of halogens is 3. The van der Waals surface area contributed by atoms with Crippen LogP contribution in [0.15, 0.2) is 46.8 Å². The van der Waals surface area contributed by atoms with Crippen molar-refractivity contribution in [3.63, 3.8) is 0 Å². The Hall–Kier alpha value is -2.98. The molecule has 10 nitrogen and oxygen atoms in total. The van der Waals surface area contributed by atoms with Crippen LogP contribution in [-0.4, -0.2) is 88.7 Å². The lowest BCUT2D eigenvalue weighted by Gasteiger charge is -2.19. The molecule has 0 radical (unpaired) electrons. The molecule has 0 amide bonds. The predicted molar refractivity (Wildman–Crippen MR) is 179 cm³/mol. The van der Waals surface area contributed by atoms with E-state index < -0.39 is 59.5 Å². The van der Waals surface area contributed by atoms with Gasteiger partial charge in [0.15, 0.2) is 23.4 Å². The number of pyridine rings is 1. The smallest absolute Gasteiger partial charge is 0.301 e. The Bertz CT molecular complexity index is 1900. The Balaban J connectivity index is 1.31. The van der Waals surface area contributed by atoms with Crippen LogP contribution < -0.4 is 4.74 Å². The van der Waals surface area contributed by atoms with E-state index in [4.69, 9.17) is 35.5 Å². The number of hydrogen-bond donors (Lipinski definition) is 1. The summed E-state index contributed by atoms with van der Waals surface area (Å²) < 4.78 is 70.8. The zero-order valence-corrected chi connectivity index (χ0v) is 29.3. The Morgan fingerprint density at radius 3 is 2.34 bits per heavy atom. The first-order valence-corrected chi connectivity index (χ1v) is 21.6. The maximum Gasteiger partial charge on any atom is 0.301 e. The largest absolute Gasteiger partial charge is 0.456 e. The lowest BCUT2D eigenvalue weighted by Crippen LogP contribution is -2.35. The number of rotatable bonds is 10. The molecule has 2 fully saturated rings. The van der Waals surface area contributed by atoms with E-state index >= 15 is 0 Å². The van der Waals surface area contributed by atoms with Gasteiger partial charge in [0.25, 0.3) is 0 Å². The fourth-order valence-corrected chi connectivity index (χ4v) is 7.11. The van der Waals surface area contributed by atoms with Gasteiger partial charge < -0.3 is 24.1 Å². The van der Waals surface area contributed by atoms with Crippen LogP contribution in [0.1, 0.15) is 0 Å². The summed E-state index contributed by atoms with van der Waals surface area (Å²) >= 11 is 6.72. The van der Waals surface area contributed by atoms with Crippen molar-refractivity contribution in [2.24, 2.45) is 4.36 Å². The van der Waals surface area contributed by atoms with E-state index in [1.807, 2.05) is 0 Å². The van der Waals surface area contributed by atoms with Crippen molar-refractivity contribution >= 4 is 46.3 Å². The standard InChI is InChI=1S/C32H37ClF2N4O6SSi/c1-46(2,41)38-28-22(34)12-20(13-23(28)35)18-6-8-19(9-7-18)27-21(33)14-24-31(37-27)39(17-42-10-11-47(3,4)5)32(36-24)45-26-16-44-29-25(40)15-43-30(26)29/h6-9,12-14,25-26,29-30,40H,10-11,15-17H2,1-5H3/t25-,26-,29-,30-/m1/s1. The third kappa shape index (κ3) is 7.53. The van der Waals surface area contributed by atoms with Gasteiger partial charge in [-0.25, -0.2) is 18.0 Å². The fraction of sp³-hybridized carbons (Fsp3) is 0.438. The number of nitrogens with zero attached hydrogens (tertiary/aromatic N) is 4. The highest BCUT2D eigenvalue weighted by atomic mass is 35.5. The average Bonchev–Trinajstić information content (AvgIpc) is 3.66. The lowest BCUT2D eigenvalue weighted by atomic mass is 10.0. The molecule has 4 heterocycles. The fourth-order valence-electron chi connectivity index (χ4n) is 5.49. The SMILES string of the molecule is C[Si](C)(C)CCOCn1c(O[C@@H]2CO[C@H]3[C@@H]2OC[C@H]3O)nc2cc(Cl)c(-c3ccc(-c4cc(F)c(N=S(C)(C)=O)c(F)c4)cc3)nc21. The highest BCUT2D eigenvalue weighted by Crippen LogP contribution is 2.36. The van der Waals surface area contributed by atoms with Gasteiger partial charge in [-0.2, -0.15) is 9.35 Å². The van der Waals surface area contributed by atoms with Crippen molar-refractivity contribution in [2.75, 3.05) is 32.3 Å². The van der Waals surface area contributed by atoms with Gasteiger partial charge in [0.05, 0.1) is 23.9 Å². The van der Waals surface area contributed by atoms with Gasteiger partial charge >= 0.3 is 6.01 Å². The van der Waals surface area contributed by atoms with Gasteiger partial charge in [0.1, 0.15) is 36.2 Å². The molecule has 4 aromatic rings. The molecule has 0 bridgehead atoms. The van der Waals surface area contributed by atoms with E-state index in [-0.39, 0.29) is 26.0 Å². The molecular weight excluding hydrogens is 670 g/mol. The van der Waals surface area contributed by atoms with Gasteiger partial charge in [0.2, 0.25) is 0 Å². The zero-order chi connectivity index (χ0) is 33.7. The molecule has 252 valence electrons. The van der Waals surface area contributed by atoms with E-state index in [1.165, 1.54) is 12.5 Å². The number of ether oxygens (including phenoxy) is 4. The molecule has 47 heavy (non-hydrogen) atoms. The normalized spacial score (nSPS) is 21.4. The third-order valence-corrected chi connectivity index (χ3v) is 10.5. The van der Waals surface area contributed by atoms with Gasteiger partial charge in [-0.1, -0.05) is 55.5 Å². The second-order valence-electron chi connectivity index (χ2n) is 13.3. The molecule has 2 aliphatic heterocycles. The minimum Gasteiger partial charge on any atom is -0.456 e. The molecule has 1 N–H and O–H groups in total. The van der Waals surface area contributed by atoms with Crippen molar-refractivity contribution in [1.29, 1.82) is 0 Å². The average molecular weight is 707 g/mol. The van der Waals surface area contributed by atoms with Crippen LogP contribution >= 0.6 is 11.6 Å². The highest BCUT2D eigenvalue weighted by Gasteiger charge is 2.49. The molecule has 2 aromatic carbocycles. The summed E-state index contributed by atoms with van der Waals surface area (Å²) in [6, 6.07) is 12.2. The second kappa shape index (κ2) is 13.1. The Kier molecular flexibility index (Phi) is 9.48. The second-order valence-corrected chi connectivity index (χ2v) is 21.9. The van der Waals surface area contributed by atoms with E-state index in [0.717, 1.165) is 18.2 Å². The summed E-state index contributed by atoms with van der Waals surface area (Å²) in [5.41, 5.74) is 2.43. The maximum atomic E-state index is 14.8. The molecule has 0 unspecified atom stereocenters. The summed E-state index contributed by atoms with van der Waals surface area (Å²) in [5.74, 6) is -1.80. The van der Waals surface area contributed by atoms with Crippen LogP contribution in [0.4, 0.5) is 14.5 Å². The summed E-state index contributed by atoms with van der Waals surface area (Å²) in [5, 5.41) is 10.5. The molecule has 0 aliphatic carbocycles. The van der Waals surface area contributed by atoms with Gasteiger partial charge in [-0.15, -0.1) is 0 Å². The number of aromatic nitrogens is 3. The topological polar surface area (TPSA) is 117 Å². The lowest BCUT2D eigenvalue weighted by molar-refractivity contribution is 0.00336. The molecular formula is C32H37ClF2N4O6SSi. The minimum absolute atomic E-state index is 0.138. The summed E-state index contributed by atoms with van der Waals surface area (Å²) in [7, 11) is -4.08. The summed E-state index contributed by atoms with van der Waals surface area (Å²) in [6.07, 6.45) is 0.545. The Morgan fingerprint density at radius 2 is 1.68 bits per heavy atom. The zero-order valence-electron chi connectivity index (χ0n) is 26.7. The van der Waals surface area contributed by atoms with Crippen LogP contribution in [0.3, 0.4) is 0 Å². The van der Waals surface area contributed by atoms with Gasteiger partial charge in [-0.3, -0.25) is 4.57 Å². The number of fused-ring (bicyclic) bond motifs is 2. The van der Waals surface area contributed by atoms with Crippen LogP contribution in [0.2, 0.25) is 30.7 Å². The Labute approximate surface area is 278 Å². The molecule has 2 aromatic heterocycles. The number of imidazole rings is 1. The molecule has 4 atom stereocenters. The minimum atomic E-state index is -2.75. The first kappa shape index (κ1) is 33.9. The van der Waals surface area contributed by atoms with E-state index in [0.29, 0.717) is 45.2 Å². The van der Waals surface area contributed by atoms with Crippen molar-refractivity contribution in [3.8, 4) is 28.4 Å². The summed E-state index contributed by atoms with van der Waals surface area (Å²) in [6.45, 7) is 7.95. The first-order valence-electron chi connectivity index (χ1n) is 15.2. The predicted octanol–water partition coefficient (Wildman–Crippen LogP) is 6.27. The first-order chi connectivity index (χ1) is 22.2. The maximum absolute atomic E-state index is 14.8. The quantitative estimate of drug-likeness (QED) is 0.151. The molecule has 2 aliphatic rings. The van der Waals surface area contributed by atoms with Crippen molar-refractivity contribution in [1.82, 2.24) is 14.5 Å². The van der Waals surface area contributed by atoms with E-state index in [9.17, 15) is 18.1 Å².